The summed E-state index contributed by atoms with van der Waals surface area (Å²) in [6.07, 6.45) is 4.31. The van der Waals surface area contributed by atoms with Crippen molar-refractivity contribution < 1.29 is 24.2 Å². The molecule has 2 aliphatic heterocycles. The van der Waals surface area contributed by atoms with Crippen molar-refractivity contribution in [2.75, 3.05) is 44.5 Å². The van der Waals surface area contributed by atoms with Crippen LogP contribution in [-0.4, -0.2) is 61.8 Å². The maximum Gasteiger partial charge on any atom is 0.306 e. The quantitative estimate of drug-likeness (QED) is 0.469. The summed E-state index contributed by atoms with van der Waals surface area (Å²) >= 11 is 0. The molecule has 186 valence electrons. The predicted molar refractivity (Wildman–Crippen MR) is 136 cm³/mol. The summed E-state index contributed by atoms with van der Waals surface area (Å²) in [7, 11) is 3.14. The van der Waals surface area contributed by atoms with Crippen LogP contribution in [0.2, 0.25) is 0 Å². The first-order valence-corrected chi connectivity index (χ1v) is 12.0. The molecule has 2 heterocycles. The number of nitrogens with one attached hydrogen (secondary N) is 2. The van der Waals surface area contributed by atoms with Crippen molar-refractivity contribution in [1.82, 2.24) is 4.90 Å². The summed E-state index contributed by atoms with van der Waals surface area (Å²) in [6.45, 7) is 4.63. The Morgan fingerprint density at radius 3 is 2.46 bits per heavy atom. The van der Waals surface area contributed by atoms with Crippen molar-refractivity contribution in [2.24, 2.45) is 5.92 Å². The molecule has 35 heavy (non-hydrogen) atoms. The lowest BCUT2D eigenvalue weighted by Gasteiger charge is -2.29. The zero-order chi connectivity index (χ0) is 24.9. The Labute approximate surface area is 205 Å². The standard InChI is InChI=1S/C27H33N3O5/c1-17(14-22-21-15-24(34-2)25(35-3)16-23(21)29-26(22)31)28-20-6-4-18(5-7-20)8-11-30-12-9-19(10-13-30)27(32)33/h4-7,14-17,19,28H,8-13H2,1-3H3,(H,29,31)(H,32,33). The number of likely N-dealkylation sites (tertiary alicyclic amines) is 1. The minimum atomic E-state index is -0.671. The predicted octanol–water partition coefficient (Wildman–Crippen LogP) is 3.88. The maximum atomic E-state index is 12.6. The number of carbonyl (C=O) groups is 2. The van der Waals surface area contributed by atoms with Crippen molar-refractivity contribution in [1.29, 1.82) is 0 Å². The minimum absolute atomic E-state index is 0.0730. The van der Waals surface area contributed by atoms with E-state index < -0.39 is 5.97 Å². The van der Waals surface area contributed by atoms with Crippen molar-refractivity contribution in [2.45, 2.75) is 32.2 Å². The molecule has 0 aromatic heterocycles. The highest BCUT2D eigenvalue weighted by atomic mass is 16.5. The molecule has 1 saturated heterocycles. The van der Waals surface area contributed by atoms with Gasteiger partial charge >= 0.3 is 5.97 Å². The molecule has 1 atom stereocenters. The number of hydrogen-bond donors (Lipinski definition) is 3. The van der Waals surface area contributed by atoms with Gasteiger partial charge in [-0.2, -0.15) is 0 Å². The van der Waals surface area contributed by atoms with Gasteiger partial charge in [-0.25, -0.2) is 0 Å². The number of carboxylic acid groups (broad SMARTS) is 1. The lowest BCUT2D eigenvalue weighted by molar-refractivity contribution is -0.143. The molecule has 0 spiro atoms. The normalized spacial score (nSPS) is 18.1. The second kappa shape index (κ2) is 10.8. The highest BCUT2D eigenvalue weighted by Gasteiger charge is 2.27. The Morgan fingerprint density at radius 2 is 1.83 bits per heavy atom. The Kier molecular flexibility index (Phi) is 7.60. The molecule has 3 N–H and O–H groups in total. The zero-order valence-corrected chi connectivity index (χ0v) is 20.5. The van der Waals surface area contributed by atoms with Crippen molar-refractivity contribution >= 4 is 28.8 Å². The third-order valence-electron chi connectivity index (χ3n) is 6.73. The molecule has 0 aliphatic carbocycles. The van der Waals surface area contributed by atoms with Crippen LogP contribution in [0.5, 0.6) is 11.5 Å². The van der Waals surface area contributed by atoms with Crippen LogP contribution in [-0.2, 0) is 16.0 Å². The van der Waals surface area contributed by atoms with E-state index in [0.29, 0.717) is 22.8 Å². The first-order chi connectivity index (χ1) is 16.9. The molecule has 2 aliphatic rings. The van der Waals surface area contributed by atoms with E-state index in [1.165, 1.54) is 5.56 Å². The minimum Gasteiger partial charge on any atom is -0.493 e. The van der Waals surface area contributed by atoms with Crippen LogP contribution in [0.25, 0.3) is 5.57 Å². The average molecular weight is 480 g/mol. The Balaban J connectivity index is 1.34. The number of ether oxygens (including phenoxy) is 2. The third-order valence-corrected chi connectivity index (χ3v) is 6.73. The number of nitrogens with zero attached hydrogens (tertiary/aromatic N) is 1. The van der Waals surface area contributed by atoms with Gasteiger partial charge in [-0.3, -0.25) is 9.59 Å². The molecular formula is C27H33N3O5. The van der Waals surface area contributed by atoms with Gasteiger partial charge in [0.1, 0.15) is 0 Å². The SMILES string of the molecule is COc1cc2c(cc1OC)C(=CC(C)Nc1ccc(CCN3CCC(C(=O)O)CC3)cc1)C(=O)N2. The third kappa shape index (κ3) is 5.77. The van der Waals surface area contributed by atoms with Gasteiger partial charge in [-0.1, -0.05) is 12.1 Å². The van der Waals surface area contributed by atoms with E-state index in [9.17, 15) is 9.59 Å². The summed E-state index contributed by atoms with van der Waals surface area (Å²) in [6, 6.07) is 11.9. The summed E-state index contributed by atoms with van der Waals surface area (Å²) < 4.78 is 10.7. The van der Waals surface area contributed by atoms with Crippen LogP contribution in [0.1, 0.15) is 30.9 Å². The van der Waals surface area contributed by atoms with E-state index in [-0.39, 0.29) is 17.9 Å². The lowest BCUT2D eigenvalue weighted by Crippen LogP contribution is -2.37. The smallest absolute Gasteiger partial charge is 0.306 e. The monoisotopic (exact) mass is 479 g/mol. The topological polar surface area (TPSA) is 100 Å². The van der Waals surface area contributed by atoms with E-state index >= 15 is 0 Å². The Morgan fingerprint density at radius 1 is 1.17 bits per heavy atom. The van der Waals surface area contributed by atoms with Gasteiger partial charge in [0.05, 0.1) is 25.8 Å². The second-order valence-corrected chi connectivity index (χ2v) is 9.12. The summed E-state index contributed by atoms with van der Waals surface area (Å²) in [5.41, 5.74) is 4.33. The molecule has 8 heteroatoms. The number of aliphatic carboxylic acids is 1. The van der Waals surface area contributed by atoms with Crippen LogP contribution < -0.4 is 20.1 Å². The van der Waals surface area contributed by atoms with E-state index in [1.54, 1.807) is 20.3 Å². The molecule has 1 unspecified atom stereocenters. The molecule has 0 bridgehead atoms. The molecule has 1 fully saturated rings. The number of rotatable bonds is 9. The fourth-order valence-corrected chi connectivity index (χ4v) is 4.70. The molecule has 0 radical (unpaired) electrons. The summed E-state index contributed by atoms with van der Waals surface area (Å²) in [5, 5.41) is 15.5. The molecule has 0 saturated carbocycles. The number of carbonyl (C=O) groups excluding carboxylic acids is 1. The number of methoxy groups -OCH3 is 2. The number of piperidine rings is 1. The van der Waals surface area contributed by atoms with Gasteiger partial charge in [0.15, 0.2) is 11.5 Å². The average Bonchev–Trinajstić information content (AvgIpc) is 3.16. The van der Waals surface area contributed by atoms with E-state index in [4.69, 9.17) is 14.6 Å². The number of anilines is 2. The van der Waals surface area contributed by atoms with Gasteiger partial charge in [0.25, 0.3) is 5.91 Å². The van der Waals surface area contributed by atoms with E-state index in [1.807, 2.05) is 19.1 Å². The van der Waals surface area contributed by atoms with Gasteiger partial charge in [-0.15, -0.1) is 0 Å². The molecule has 2 aromatic rings. The second-order valence-electron chi connectivity index (χ2n) is 9.12. The van der Waals surface area contributed by atoms with Crippen LogP contribution in [0.15, 0.2) is 42.5 Å². The zero-order valence-electron chi connectivity index (χ0n) is 20.5. The number of amides is 1. The maximum absolute atomic E-state index is 12.6. The van der Waals surface area contributed by atoms with E-state index in [0.717, 1.165) is 50.1 Å². The number of fused-ring (bicyclic) bond motifs is 1. The first-order valence-electron chi connectivity index (χ1n) is 12.0. The molecular weight excluding hydrogens is 446 g/mol. The molecule has 4 rings (SSSR count). The number of benzene rings is 2. The number of carboxylic acids is 1. The Hall–Kier alpha value is -3.52. The fraction of sp³-hybridized carbons (Fsp3) is 0.407. The lowest BCUT2D eigenvalue weighted by atomic mass is 9.97. The highest BCUT2D eigenvalue weighted by molar-refractivity contribution is 6.31. The Bertz CT molecular complexity index is 1100. The molecule has 1 amide bonds. The van der Waals surface area contributed by atoms with Crippen LogP contribution in [0.3, 0.4) is 0 Å². The number of hydrogen-bond acceptors (Lipinski definition) is 6. The largest absolute Gasteiger partial charge is 0.493 e. The van der Waals surface area contributed by atoms with Crippen LogP contribution in [0.4, 0.5) is 11.4 Å². The van der Waals surface area contributed by atoms with Crippen molar-refractivity contribution in [3.05, 3.63) is 53.6 Å². The van der Waals surface area contributed by atoms with Crippen molar-refractivity contribution in [3.63, 3.8) is 0 Å². The van der Waals surface area contributed by atoms with Crippen molar-refractivity contribution in [3.8, 4) is 11.5 Å². The fourth-order valence-electron chi connectivity index (χ4n) is 4.70. The van der Waals surface area contributed by atoms with Crippen LogP contribution >= 0.6 is 0 Å². The van der Waals surface area contributed by atoms with E-state index in [2.05, 4.69) is 39.8 Å². The molecule has 2 aromatic carbocycles. The molecule has 8 nitrogen and oxygen atoms in total. The summed E-state index contributed by atoms with van der Waals surface area (Å²) in [4.78, 5) is 26.0. The van der Waals surface area contributed by atoms with Gasteiger partial charge in [-0.05, 0) is 69.1 Å². The summed E-state index contributed by atoms with van der Waals surface area (Å²) in [5.74, 6) is 0.143. The van der Waals surface area contributed by atoms with Crippen LogP contribution in [0, 0.1) is 5.92 Å². The van der Waals surface area contributed by atoms with Gasteiger partial charge in [0, 0.05) is 35.5 Å². The highest BCUT2D eigenvalue weighted by Crippen LogP contribution is 2.40. The van der Waals surface area contributed by atoms with Gasteiger partial charge in [0.2, 0.25) is 0 Å². The first kappa shape index (κ1) is 24.6. The van der Waals surface area contributed by atoms with Gasteiger partial charge < -0.3 is 30.1 Å².